The molecule has 2 atom stereocenters. The molecule has 2 fully saturated rings. The highest BCUT2D eigenvalue weighted by Gasteiger charge is 2.36. The number of aromatic nitrogens is 4. The van der Waals surface area contributed by atoms with Gasteiger partial charge >= 0.3 is 0 Å². The van der Waals surface area contributed by atoms with E-state index in [0.29, 0.717) is 37.8 Å². The quantitative estimate of drug-likeness (QED) is 0.153. The van der Waals surface area contributed by atoms with Gasteiger partial charge in [0, 0.05) is 37.1 Å². The lowest BCUT2D eigenvalue weighted by Gasteiger charge is -2.24. The molecule has 2 aromatic carbocycles. The van der Waals surface area contributed by atoms with Crippen molar-refractivity contribution in [1.82, 2.24) is 29.7 Å². The summed E-state index contributed by atoms with van der Waals surface area (Å²) in [6.07, 6.45) is 6.28. The van der Waals surface area contributed by atoms with Gasteiger partial charge in [-0.05, 0) is 71.2 Å². The summed E-state index contributed by atoms with van der Waals surface area (Å²) in [6.45, 7) is 18.1. The van der Waals surface area contributed by atoms with E-state index in [-0.39, 0.29) is 23.9 Å². The minimum absolute atomic E-state index is 0.147. The van der Waals surface area contributed by atoms with E-state index in [2.05, 4.69) is 72.6 Å². The summed E-state index contributed by atoms with van der Waals surface area (Å²) in [4.78, 5) is 45.7. The van der Waals surface area contributed by atoms with Gasteiger partial charge in [0.15, 0.2) is 0 Å². The fourth-order valence-electron chi connectivity index (χ4n) is 6.51. The van der Waals surface area contributed by atoms with Gasteiger partial charge in [0.05, 0.1) is 23.8 Å². The zero-order valence-corrected chi connectivity index (χ0v) is 28.3. The normalized spacial score (nSPS) is 17.8. The van der Waals surface area contributed by atoms with Crippen LogP contribution in [-0.4, -0.2) is 54.6 Å². The lowest BCUT2D eigenvalue weighted by atomic mass is 10.1. The number of imidazole rings is 2. The Balaban J connectivity index is 1.10. The summed E-state index contributed by atoms with van der Waals surface area (Å²) < 4.78 is 0. The van der Waals surface area contributed by atoms with Crippen LogP contribution in [0, 0.1) is 23.7 Å². The molecule has 0 radical (unpaired) electrons. The third-order valence-corrected chi connectivity index (χ3v) is 9.00. The number of nitrogens with one attached hydrogen (secondary N) is 2. The molecule has 2 aliphatic heterocycles. The zero-order chi connectivity index (χ0) is 33.9. The number of benzene rings is 2. The van der Waals surface area contributed by atoms with E-state index < -0.39 is 0 Å². The van der Waals surface area contributed by atoms with Crippen LogP contribution in [0.1, 0.15) is 88.2 Å². The van der Waals surface area contributed by atoms with Crippen LogP contribution in [0.25, 0.3) is 22.5 Å². The highest BCUT2D eigenvalue weighted by atomic mass is 16.2. The van der Waals surface area contributed by atoms with Crippen molar-refractivity contribution in [2.75, 3.05) is 13.1 Å². The second-order valence-corrected chi connectivity index (χ2v) is 13.8. The molecular weight excluding hydrogens is 596 g/mol. The van der Waals surface area contributed by atoms with Crippen LogP contribution in [0.5, 0.6) is 0 Å². The van der Waals surface area contributed by atoms with Gasteiger partial charge in [0.25, 0.3) is 0 Å². The van der Waals surface area contributed by atoms with E-state index in [4.69, 9.17) is 0 Å². The van der Waals surface area contributed by atoms with Crippen LogP contribution in [0.4, 0.5) is 0 Å². The molecule has 0 unspecified atom stereocenters. The molecule has 2 aliphatic rings. The lowest BCUT2D eigenvalue weighted by molar-refractivity contribution is -0.133. The number of hydrogen-bond acceptors (Lipinski definition) is 4. The number of rotatable bonds is 8. The molecule has 2 saturated heterocycles. The Morgan fingerprint density at radius 3 is 1.44 bits per heavy atom. The molecule has 8 nitrogen and oxygen atoms in total. The second kappa shape index (κ2) is 13.9. The molecule has 0 bridgehead atoms. The Hall–Kier alpha value is -5.16. The molecular formula is C40H44N6O2. The molecule has 2 N–H and O–H groups in total. The first-order valence-electron chi connectivity index (χ1n) is 16.8. The summed E-state index contributed by atoms with van der Waals surface area (Å²) in [6, 6.07) is 15.7. The average Bonchev–Trinajstić information content (AvgIpc) is 3.86. The Morgan fingerprint density at radius 1 is 0.708 bits per heavy atom. The SMILES string of the molecule is C=C1CCN(C(=O)CC(C)C)[C@@H]1c1ncc(-c2ccc(C#Cc3ccc(-c4cnc([C@@H]5C(=C)CCN5C(=O)CC(C)C)[nH]4)cc3)cc2)[nH]1. The number of nitrogens with zero attached hydrogens (tertiary/aromatic N) is 4. The van der Waals surface area contributed by atoms with E-state index in [1.165, 1.54) is 0 Å². The molecule has 48 heavy (non-hydrogen) atoms. The van der Waals surface area contributed by atoms with Crippen LogP contribution >= 0.6 is 0 Å². The van der Waals surface area contributed by atoms with Gasteiger partial charge in [0.1, 0.15) is 23.7 Å². The van der Waals surface area contributed by atoms with Crippen LogP contribution in [0.3, 0.4) is 0 Å². The van der Waals surface area contributed by atoms with E-state index >= 15 is 0 Å². The maximum atomic E-state index is 12.9. The largest absolute Gasteiger partial charge is 0.340 e. The van der Waals surface area contributed by atoms with Crippen molar-refractivity contribution >= 4 is 11.8 Å². The zero-order valence-electron chi connectivity index (χ0n) is 28.3. The Kier molecular flexibility index (Phi) is 9.49. The van der Waals surface area contributed by atoms with Crippen molar-refractivity contribution in [1.29, 1.82) is 0 Å². The summed E-state index contributed by atoms with van der Waals surface area (Å²) in [7, 11) is 0. The topological polar surface area (TPSA) is 98.0 Å². The first-order chi connectivity index (χ1) is 23.1. The minimum Gasteiger partial charge on any atom is -0.340 e. The fraction of sp³-hybridized carbons (Fsp3) is 0.350. The highest BCUT2D eigenvalue weighted by Crippen LogP contribution is 2.37. The standard InChI is InChI=1S/C40H44N6O2/c1-25(2)21-35(47)45-19-17-27(5)37(45)39-41-23-33(43-39)31-13-9-29(10-14-31)7-8-30-11-15-32(16-12-30)34-24-42-40(44-34)38-28(6)18-20-46(38)36(48)22-26(3)4/h9-16,23-26,37-38H,5-6,17-22H2,1-4H3,(H,41,43)(H,42,44)/t37-,38-/m0/s1. The summed E-state index contributed by atoms with van der Waals surface area (Å²) in [5.41, 5.74) is 7.62. The maximum Gasteiger partial charge on any atom is 0.223 e. The van der Waals surface area contributed by atoms with Crippen LogP contribution in [-0.2, 0) is 9.59 Å². The monoisotopic (exact) mass is 640 g/mol. The van der Waals surface area contributed by atoms with Gasteiger partial charge in [-0.1, -0.05) is 77.0 Å². The molecule has 8 heteroatoms. The van der Waals surface area contributed by atoms with Crippen molar-refractivity contribution in [3.05, 3.63) is 108 Å². The first kappa shape index (κ1) is 32.8. The third kappa shape index (κ3) is 7.06. The number of amides is 2. The number of carbonyl (C=O) groups excluding carboxylic acids is 2. The Bertz CT molecular complexity index is 1750. The minimum atomic E-state index is -0.209. The van der Waals surface area contributed by atoms with Crippen molar-refractivity contribution in [3.8, 4) is 34.4 Å². The molecule has 0 spiro atoms. The van der Waals surface area contributed by atoms with Gasteiger partial charge in [-0.3, -0.25) is 9.59 Å². The predicted molar refractivity (Wildman–Crippen MR) is 189 cm³/mol. The number of likely N-dealkylation sites (tertiary alicyclic amines) is 2. The Labute approximate surface area is 283 Å². The second-order valence-electron chi connectivity index (χ2n) is 13.8. The van der Waals surface area contributed by atoms with Crippen molar-refractivity contribution in [2.24, 2.45) is 11.8 Å². The van der Waals surface area contributed by atoms with Gasteiger partial charge in [-0.15, -0.1) is 0 Å². The van der Waals surface area contributed by atoms with Gasteiger partial charge < -0.3 is 19.8 Å². The smallest absolute Gasteiger partial charge is 0.223 e. The van der Waals surface area contributed by atoms with Crippen molar-refractivity contribution in [3.63, 3.8) is 0 Å². The number of hydrogen-bond donors (Lipinski definition) is 2. The molecule has 6 rings (SSSR count). The van der Waals surface area contributed by atoms with E-state index in [1.54, 1.807) is 0 Å². The molecule has 4 heterocycles. The molecule has 4 aromatic rings. The average molecular weight is 641 g/mol. The molecule has 246 valence electrons. The van der Waals surface area contributed by atoms with Crippen molar-refractivity contribution in [2.45, 2.75) is 65.5 Å². The summed E-state index contributed by atoms with van der Waals surface area (Å²) in [5.74, 6) is 8.94. The predicted octanol–water partition coefficient (Wildman–Crippen LogP) is 7.62. The van der Waals surface area contributed by atoms with E-state index in [9.17, 15) is 9.59 Å². The first-order valence-corrected chi connectivity index (χ1v) is 16.8. The number of carbonyl (C=O) groups is 2. The molecule has 2 amide bonds. The summed E-state index contributed by atoms with van der Waals surface area (Å²) >= 11 is 0. The van der Waals surface area contributed by atoms with Crippen LogP contribution in [0.15, 0.2) is 85.2 Å². The van der Waals surface area contributed by atoms with Crippen LogP contribution < -0.4 is 0 Å². The lowest BCUT2D eigenvalue weighted by Crippen LogP contribution is -2.32. The van der Waals surface area contributed by atoms with Gasteiger partial charge in [-0.25, -0.2) is 9.97 Å². The molecule has 0 aliphatic carbocycles. The molecule has 2 aromatic heterocycles. The fourth-order valence-corrected chi connectivity index (χ4v) is 6.51. The number of aromatic amines is 2. The Morgan fingerprint density at radius 2 is 1.08 bits per heavy atom. The summed E-state index contributed by atoms with van der Waals surface area (Å²) in [5, 5.41) is 0. The van der Waals surface area contributed by atoms with E-state index in [1.807, 2.05) is 70.7 Å². The van der Waals surface area contributed by atoms with Gasteiger partial charge in [0.2, 0.25) is 11.8 Å². The van der Waals surface area contributed by atoms with Crippen molar-refractivity contribution < 1.29 is 9.59 Å². The van der Waals surface area contributed by atoms with Crippen LogP contribution in [0.2, 0.25) is 0 Å². The maximum absolute atomic E-state index is 12.9. The van der Waals surface area contributed by atoms with Gasteiger partial charge in [-0.2, -0.15) is 0 Å². The highest BCUT2D eigenvalue weighted by molar-refractivity contribution is 5.78. The molecule has 0 saturated carbocycles. The third-order valence-electron chi connectivity index (χ3n) is 9.00. The van der Waals surface area contributed by atoms with E-state index in [0.717, 1.165) is 69.3 Å². The number of H-pyrrole nitrogens is 2.